The van der Waals surface area contributed by atoms with Gasteiger partial charge in [-0.1, -0.05) is 6.07 Å². The Labute approximate surface area is 172 Å². The molecular weight excluding hydrogens is 449 g/mol. The second-order valence-corrected chi connectivity index (χ2v) is 6.90. The van der Waals surface area contributed by atoms with Crippen LogP contribution in [-0.4, -0.2) is 74.0 Å². The van der Waals surface area contributed by atoms with Crippen LogP contribution in [-0.2, 0) is 11.2 Å². The van der Waals surface area contributed by atoms with Gasteiger partial charge >= 0.3 is 0 Å². The molecule has 2 heterocycles. The molecule has 1 fully saturated rings. The highest BCUT2D eigenvalue weighted by molar-refractivity contribution is 14.0. The summed E-state index contributed by atoms with van der Waals surface area (Å²) in [6.07, 6.45) is 1.02. The van der Waals surface area contributed by atoms with Crippen molar-refractivity contribution in [1.82, 2.24) is 20.4 Å². The fourth-order valence-corrected chi connectivity index (χ4v) is 3.40. The quantitative estimate of drug-likeness (QED) is 0.355. The fourth-order valence-electron chi connectivity index (χ4n) is 2.69. The van der Waals surface area contributed by atoms with Crippen LogP contribution in [0.3, 0.4) is 0 Å². The molecule has 1 saturated heterocycles. The van der Waals surface area contributed by atoms with Gasteiger partial charge in [0.15, 0.2) is 5.96 Å². The Morgan fingerprint density at radius 1 is 1.28 bits per heavy atom. The van der Waals surface area contributed by atoms with Gasteiger partial charge in [-0.2, -0.15) is 0 Å². The molecule has 1 aliphatic rings. The Morgan fingerprint density at radius 3 is 2.64 bits per heavy atom. The van der Waals surface area contributed by atoms with E-state index in [9.17, 15) is 4.79 Å². The van der Waals surface area contributed by atoms with Crippen LogP contribution in [0.2, 0.25) is 0 Å². The van der Waals surface area contributed by atoms with Crippen LogP contribution in [0.15, 0.2) is 22.5 Å². The van der Waals surface area contributed by atoms with Crippen molar-refractivity contribution in [3.05, 3.63) is 22.4 Å². The Kier molecular flexibility index (Phi) is 11.1. The number of nitrogens with one attached hydrogen (secondary N) is 2. The van der Waals surface area contributed by atoms with Crippen LogP contribution in [0.4, 0.5) is 0 Å². The number of aliphatic imine (C=N–C) groups is 1. The van der Waals surface area contributed by atoms with Gasteiger partial charge in [-0.25, -0.2) is 0 Å². The molecule has 6 nitrogen and oxygen atoms in total. The standard InChI is InChI=1S/C17H29N5OS.HI/c1-3-18-17(19-7-6-16-5-4-14-24-16)20-8-9-21-10-12-22(13-11-21)15(2)23;/h4-5,14H,3,6-13H2,1-2H3,(H2,18,19,20);1H. The molecule has 1 aliphatic heterocycles. The molecule has 8 heteroatoms. The molecule has 0 saturated carbocycles. The first-order valence-corrected chi connectivity index (χ1v) is 9.59. The van der Waals surface area contributed by atoms with Gasteiger partial charge < -0.3 is 15.5 Å². The van der Waals surface area contributed by atoms with Crippen LogP contribution >= 0.6 is 35.3 Å². The second kappa shape index (κ2) is 12.5. The minimum Gasteiger partial charge on any atom is -0.357 e. The number of piperazine rings is 1. The van der Waals surface area contributed by atoms with E-state index in [1.54, 1.807) is 18.3 Å². The summed E-state index contributed by atoms with van der Waals surface area (Å²) < 4.78 is 0. The minimum absolute atomic E-state index is 0. The number of hydrogen-bond donors (Lipinski definition) is 2. The van der Waals surface area contributed by atoms with Crippen molar-refractivity contribution in [3.63, 3.8) is 0 Å². The lowest BCUT2D eigenvalue weighted by Crippen LogP contribution is -2.48. The molecule has 142 valence electrons. The Morgan fingerprint density at radius 2 is 2.04 bits per heavy atom. The first-order valence-electron chi connectivity index (χ1n) is 8.71. The van der Waals surface area contributed by atoms with Crippen molar-refractivity contribution < 1.29 is 4.79 Å². The molecule has 0 spiro atoms. The highest BCUT2D eigenvalue weighted by Crippen LogP contribution is 2.08. The molecule has 0 bridgehead atoms. The van der Waals surface area contributed by atoms with Crippen molar-refractivity contribution >= 4 is 47.2 Å². The number of hydrogen-bond acceptors (Lipinski definition) is 4. The maximum Gasteiger partial charge on any atom is 0.219 e. The van der Waals surface area contributed by atoms with Crippen LogP contribution in [0.25, 0.3) is 0 Å². The molecule has 1 aromatic heterocycles. The maximum atomic E-state index is 11.3. The van der Waals surface area contributed by atoms with E-state index in [2.05, 4.69) is 45.0 Å². The summed E-state index contributed by atoms with van der Waals surface area (Å²) in [6, 6.07) is 4.25. The zero-order chi connectivity index (χ0) is 17.2. The lowest BCUT2D eigenvalue weighted by Gasteiger charge is -2.33. The summed E-state index contributed by atoms with van der Waals surface area (Å²) in [5, 5.41) is 8.80. The summed E-state index contributed by atoms with van der Waals surface area (Å²) >= 11 is 1.79. The average Bonchev–Trinajstić information content (AvgIpc) is 3.09. The molecule has 0 atom stereocenters. The van der Waals surface area contributed by atoms with E-state index in [4.69, 9.17) is 0 Å². The molecule has 1 aromatic rings. The van der Waals surface area contributed by atoms with E-state index < -0.39 is 0 Å². The summed E-state index contributed by atoms with van der Waals surface area (Å²) in [5.41, 5.74) is 0. The number of rotatable bonds is 7. The number of guanidine groups is 1. The van der Waals surface area contributed by atoms with Gasteiger partial charge in [-0.15, -0.1) is 35.3 Å². The van der Waals surface area contributed by atoms with Crippen molar-refractivity contribution in [2.24, 2.45) is 4.99 Å². The first-order chi connectivity index (χ1) is 11.7. The van der Waals surface area contributed by atoms with Gasteiger partial charge in [0.05, 0.1) is 6.54 Å². The van der Waals surface area contributed by atoms with E-state index in [0.29, 0.717) is 0 Å². The molecule has 0 aliphatic carbocycles. The zero-order valence-electron chi connectivity index (χ0n) is 15.2. The first kappa shape index (κ1) is 22.2. The van der Waals surface area contributed by atoms with Crippen molar-refractivity contribution in [2.45, 2.75) is 20.3 Å². The van der Waals surface area contributed by atoms with Gasteiger partial charge in [-0.3, -0.25) is 14.7 Å². The Bertz CT molecular complexity index is 515. The maximum absolute atomic E-state index is 11.3. The average molecular weight is 479 g/mol. The van der Waals surface area contributed by atoms with E-state index in [0.717, 1.165) is 64.7 Å². The van der Waals surface area contributed by atoms with Gasteiger partial charge in [0, 0.05) is 57.6 Å². The summed E-state index contributed by atoms with van der Waals surface area (Å²) in [7, 11) is 0. The molecule has 2 rings (SSSR count). The van der Waals surface area contributed by atoms with Gasteiger partial charge in [-0.05, 0) is 24.8 Å². The third kappa shape index (κ3) is 8.37. The molecular formula is C17H30IN5OS. The number of nitrogens with zero attached hydrogens (tertiary/aromatic N) is 3. The highest BCUT2D eigenvalue weighted by atomic mass is 127. The van der Waals surface area contributed by atoms with Gasteiger partial charge in [0.2, 0.25) is 5.91 Å². The number of carbonyl (C=O) groups is 1. The lowest BCUT2D eigenvalue weighted by atomic mass is 10.3. The number of thiophene rings is 1. The van der Waals surface area contributed by atoms with Crippen molar-refractivity contribution in [3.8, 4) is 0 Å². The van der Waals surface area contributed by atoms with Gasteiger partial charge in [0.25, 0.3) is 0 Å². The third-order valence-electron chi connectivity index (χ3n) is 4.09. The smallest absolute Gasteiger partial charge is 0.219 e. The number of halogens is 1. The summed E-state index contributed by atoms with van der Waals surface area (Å²) in [4.78, 5) is 21.7. The molecule has 0 radical (unpaired) electrons. The van der Waals surface area contributed by atoms with Crippen LogP contribution in [0.1, 0.15) is 18.7 Å². The molecule has 0 unspecified atom stereocenters. The Hall–Kier alpha value is -0.870. The van der Waals surface area contributed by atoms with Crippen LogP contribution in [0, 0.1) is 0 Å². The SMILES string of the molecule is CCNC(=NCCN1CCN(C(C)=O)CC1)NCCc1cccs1.I. The van der Waals surface area contributed by atoms with E-state index in [-0.39, 0.29) is 29.9 Å². The molecule has 1 amide bonds. The van der Waals surface area contributed by atoms with E-state index in [1.165, 1.54) is 4.88 Å². The zero-order valence-corrected chi connectivity index (χ0v) is 18.3. The van der Waals surface area contributed by atoms with Gasteiger partial charge in [0.1, 0.15) is 0 Å². The van der Waals surface area contributed by atoms with Crippen molar-refractivity contribution in [1.29, 1.82) is 0 Å². The predicted molar refractivity (Wildman–Crippen MR) is 116 cm³/mol. The van der Waals surface area contributed by atoms with Crippen molar-refractivity contribution in [2.75, 3.05) is 52.4 Å². The lowest BCUT2D eigenvalue weighted by molar-refractivity contribution is -0.130. The normalized spacial score (nSPS) is 15.6. The number of amides is 1. The summed E-state index contributed by atoms with van der Waals surface area (Å²) in [5.74, 6) is 1.06. The van der Waals surface area contributed by atoms with E-state index >= 15 is 0 Å². The minimum atomic E-state index is 0. The predicted octanol–water partition coefficient (Wildman–Crippen LogP) is 1.63. The topological polar surface area (TPSA) is 60.0 Å². The van der Waals surface area contributed by atoms with Crippen LogP contribution < -0.4 is 10.6 Å². The second-order valence-electron chi connectivity index (χ2n) is 5.86. The molecule has 2 N–H and O–H groups in total. The summed E-state index contributed by atoms with van der Waals surface area (Å²) in [6.45, 7) is 10.7. The van der Waals surface area contributed by atoms with E-state index in [1.807, 2.05) is 4.90 Å². The molecule has 25 heavy (non-hydrogen) atoms. The largest absolute Gasteiger partial charge is 0.357 e. The Balaban J connectivity index is 0.00000312. The molecule has 0 aromatic carbocycles. The highest BCUT2D eigenvalue weighted by Gasteiger charge is 2.17. The fraction of sp³-hybridized carbons (Fsp3) is 0.647. The monoisotopic (exact) mass is 479 g/mol. The van der Waals surface area contributed by atoms with Crippen LogP contribution in [0.5, 0.6) is 0 Å². The third-order valence-corrected chi connectivity index (χ3v) is 5.03. The number of carbonyl (C=O) groups excluding carboxylic acids is 1.